The van der Waals surface area contributed by atoms with Gasteiger partial charge in [-0.05, 0) is 13.8 Å². The normalized spacial score (nSPS) is 13.1. The van der Waals surface area contributed by atoms with Crippen LogP contribution in [-0.2, 0) is 37.5 Å². The predicted octanol–water partition coefficient (Wildman–Crippen LogP) is 0.215. The van der Waals surface area contributed by atoms with Crippen LogP contribution in [0.4, 0.5) is 0 Å². The molecule has 0 aliphatic heterocycles. The maximum atomic E-state index is 11.2. The molecule has 0 heterocycles. The summed E-state index contributed by atoms with van der Waals surface area (Å²) in [6.45, 7) is 5.00. The molecule has 0 aliphatic rings. The molecule has 1 atom stereocenters. The molecular weight excluding hydrogens is 229 g/mol. The molecular formula is C8H19N2OY+. The molecule has 1 N–H and O–H groups in total. The number of hydrogen-bond donors (Lipinski definition) is 1. The van der Waals surface area contributed by atoms with Crippen LogP contribution < -0.4 is 5.32 Å². The number of amides is 1. The second kappa shape index (κ2) is 6.06. The van der Waals surface area contributed by atoms with Gasteiger partial charge >= 0.3 is 0 Å². The van der Waals surface area contributed by atoms with Gasteiger partial charge in [-0.15, -0.1) is 0 Å². The van der Waals surface area contributed by atoms with Gasteiger partial charge < -0.3 is 9.80 Å². The molecule has 1 amide bonds. The van der Waals surface area contributed by atoms with Gasteiger partial charge in [-0.25, -0.2) is 0 Å². The predicted molar refractivity (Wildman–Crippen MR) is 46.2 cm³/mol. The van der Waals surface area contributed by atoms with E-state index in [9.17, 15) is 4.79 Å². The summed E-state index contributed by atoms with van der Waals surface area (Å²) in [6.07, 6.45) is 0. The number of likely N-dealkylation sites (N-methyl/N-ethyl adjacent to an activating group) is 2. The molecule has 0 aromatic heterocycles. The Hall–Kier alpha value is 0.534. The molecule has 1 radical (unpaired) electrons. The quantitative estimate of drug-likeness (QED) is 0.711. The Kier molecular flexibility index (Phi) is 7.59. The maximum absolute atomic E-state index is 11.2. The van der Waals surface area contributed by atoms with Crippen molar-refractivity contribution in [2.45, 2.75) is 19.9 Å². The van der Waals surface area contributed by atoms with Crippen molar-refractivity contribution in [3.8, 4) is 0 Å². The minimum atomic E-state index is 0. The first-order chi connectivity index (χ1) is 4.95. The smallest absolute Gasteiger partial charge is 0.277 e. The molecule has 0 aromatic carbocycles. The summed E-state index contributed by atoms with van der Waals surface area (Å²) >= 11 is 0. The fraction of sp³-hybridized carbons (Fsp3) is 0.875. The zero-order valence-electron chi connectivity index (χ0n) is 8.72. The molecule has 3 nitrogen and oxygen atoms in total. The molecule has 0 fully saturated rings. The van der Waals surface area contributed by atoms with Gasteiger partial charge in [-0.2, -0.15) is 0 Å². The van der Waals surface area contributed by atoms with Crippen LogP contribution in [-0.4, -0.2) is 44.1 Å². The van der Waals surface area contributed by atoms with Crippen molar-refractivity contribution in [3.05, 3.63) is 0 Å². The third-order valence-electron chi connectivity index (χ3n) is 2.49. The van der Waals surface area contributed by atoms with E-state index in [0.29, 0.717) is 0 Å². The number of nitrogens with zero attached hydrogens (tertiary/aromatic N) is 1. The minimum Gasteiger partial charge on any atom is -0.354 e. The molecule has 0 spiro atoms. The molecule has 4 heteroatoms. The summed E-state index contributed by atoms with van der Waals surface area (Å²) in [5.41, 5.74) is 0. The van der Waals surface area contributed by atoms with Crippen LogP contribution in [0.15, 0.2) is 0 Å². The summed E-state index contributed by atoms with van der Waals surface area (Å²) in [5.74, 6) is 0.108. The van der Waals surface area contributed by atoms with Crippen LogP contribution in [0.25, 0.3) is 0 Å². The number of carbonyl (C=O) groups is 1. The zero-order valence-corrected chi connectivity index (χ0v) is 11.6. The SMILES string of the molecule is CC[N+](C)(C)C(C)C(=O)NC.[Y]. The van der Waals surface area contributed by atoms with Gasteiger partial charge in [0.25, 0.3) is 5.91 Å². The maximum Gasteiger partial charge on any atom is 0.277 e. The number of hydrogen-bond acceptors (Lipinski definition) is 1. The first-order valence-electron chi connectivity index (χ1n) is 4.00. The second-order valence-corrected chi connectivity index (χ2v) is 3.39. The molecule has 0 rings (SSSR count). The van der Waals surface area contributed by atoms with Crippen molar-refractivity contribution in [2.75, 3.05) is 27.7 Å². The average Bonchev–Trinajstić information content (AvgIpc) is 2.01. The average molecular weight is 248 g/mol. The third-order valence-corrected chi connectivity index (χ3v) is 2.49. The van der Waals surface area contributed by atoms with E-state index in [1.165, 1.54) is 0 Å². The Morgan fingerprint density at radius 1 is 1.50 bits per heavy atom. The van der Waals surface area contributed by atoms with Crippen molar-refractivity contribution in [1.82, 2.24) is 5.32 Å². The fourth-order valence-electron chi connectivity index (χ4n) is 0.800. The largest absolute Gasteiger partial charge is 0.354 e. The fourth-order valence-corrected chi connectivity index (χ4v) is 0.800. The summed E-state index contributed by atoms with van der Waals surface area (Å²) < 4.78 is 0.736. The first kappa shape index (κ1) is 15.0. The van der Waals surface area contributed by atoms with Crippen LogP contribution >= 0.6 is 0 Å². The van der Waals surface area contributed by atoms with E-state index in [-0.39, 0.29) is 44.7 Å². The van der Waals surface area contributed by atoms with Crippen LogP contribution in [0, 0.1) is 0 Å². The van der Waals surface area contributed by atoms with E-state index < -0.39 is 0 Å². The standard InChI is InChI=1S/C8H18N2O.Y/c1-6-10(4,5)7(2)8(11)9-3;/h7H,6H2,1-5H3;/p+1. The number of rotatable bonds is 3. The molecule has 69 valence electrons. The number of quaternary nitrogens is 1. The number of nitrogens with one attached hydrogen (secondary N) is 1. The molecule has 0 aliphatic carbocycles. The zero-order chi connectivity index (χ0) is 9.07. The molecule has 0 saturated carbocycles. The molecule has 0 saturated heterocycles. The van der Waals surface area contributed by atoms with E-state index in [1.54, 1.807) is 7.05 Å². The van der Waals surface area contributed by atoms with Crippen molar-refractivity contribution in [1.29, 1.82) is 0 Å². The van der Waals surface area contributed by atoms with Gasteiger partial charge in [-0.3, -0.25) is 4.79 Å². The minimum absolute atomic E-state index is 0. The van der Waals surface area contributed by atoms with Crippen molar-refractivity contribution in [3.63, 3.8) is 0 Å². The Morgan fingerprint density at radius 3 is 2.17 bits per heavy atom. The molecule has 1 unspecified atom stereocenters. The van der Waals surface area contributed by atoms with E-state index >= 15 is 0 Å². The van der Waals surface area contributed by atoms with Gasteiger partial charge in [0.1, 0.15) is 0 Å². The Morgan fingerprint density at radius 2 is 1.92 bits per heavy atom. The van der Waals surface area contributed by atoms with Gasteiger partial charge in [0.15, 0.2) is 6.04 Å². The summed E-state index contributed by atoms with van der Waals surface area (Å²) in [5, 5.41) is 2.65. The molecule has 0 bridgehead atoms. The summed E-state index contributed by atoms with van der Waals surface area (Å²) in [6, 6.07) is 0.0324. The Bertz CT molecular complexity index is 148. The van der Waals surface area contributed by atoms with Crippen LogP contribution in [0.2, 0.25) is 0 Å². The number of carbonyl (C=O) groups excluding carboxylic acids is 1. The van der Waals surface area contributed by atoms with Crippen LogP contribution in [0.1, 0.15) is 13.8 Å². The van der Waals surface area contributed by atoms with E-state index in [0.717, 1.165) is 11.0 Å². The third kappa shape index (κ3) is 3.97. The van der Waals surface area contributed by atoms with Gasteiger partial charge in [0, 0.05) is 39.8 Å². The molecule has 12 heavy (non-hydrogen) atoms. The van der Waals surface area contributed by atoms with Crippen LogP contribution in [0.3, 0.4) is 0 Å². The summed E-state index contributed by atoms with van der Waals surface area (Å²) in [7, 11) is 5.79. The topological polar surface area (TPSA) is 29.1 Å². The van der Waals surface area contributed by atoms with Gasteiger partial charge in [-0.1, -0.05) is 0 Å². The second-order valence-electron chi connectivity index (χ2n) is 3.39. The molecule has 0 aromatic rings. The Labute approximate surface area is 100 Å². The summed E-state index contributed by atoms with van der Waals surface area (Å²) in [4.78, 5) is 11.2. The Balaban J connectivity index is 0. The monoisotopic (exact) mass is 248 g/mol. The van der Waals surface area contributed by atoms with Gasteiger partial charge in [0.05, 0.1) is 20.6 Å². The van der Waals surface area contributed by atoms with Crippen molar-refractivity contribution >= 4 is 5.91 Å². The van der Waals surface area contributed by atoms with Crippen molar-refractivity contribution < 1.29 is 42.0 Å². The first-order valence-corrected chi connectivity index (χ1v) is 4.00. The van der Waals surface area contributed by atoms with Gasteiger partial charge in [0.2, 0.25) is 0 Å². The van der Waals surface area contributed by atoms with Crippen LogP contribution in [0.5, 0.6) is 0 Å². The van der Waals surface area contributed by atoms with E-state index in [4.69, 9.17) is 0 Å². The van der Waals surface area contributed by atoms with E-state index in [1.807, 2.05) is 6.92 Å². The van der Waals surface area contributed by atoms with Crippen molar-refractivity contribution in [2.24, 2.45) is 0 Å². The van der Waals surface area contributed by atoms with E-state index in [2.05, 4.69) is 26.3 Å².